The molecule has 0 spiro atoms. The zero-order valence-corrected chi connectivity index (χ0v) is 16.7. The van der Waals surface area contributed by atoms with Crippen LogP contribution < -0.4 is 14.8 Å². The molecule has 2 N–H and O–H groups in total. The Bertz CT molecular complexity index is 900. The highest BCUT2D eigenvalue weighted by atomic mass is 35.5. The first-order valence-electron chi connectivity index (χ1n) is 8.03. The van der Waals surface area contributed by atoms with Crippen molar-refractivity contribution >= 4 is 33.2 Å². The van der Waals surface area contributed by atoms with Crippen molar-refractivity contribution in [2.45, 2.75) is 17.9 Å². The summed E-state index contributed by atoms with van der Waals surface area (Å²) in [7, 11) is -0.723. The number of carbonyl (C=O) groups excluding carboxylic acids is 1. The molecule has 0 heterocycles. The number of halogens is 1. The number of rotatable bonds is 8. The molecule has 0 fully saturated rings. The predicted octanol–water partition coefficient (Wildman–Crippen LogP) is 2.91. The van der Waals surface area contributed by atoms with Gasteiger partial charge in [-0.3, -0.25) is 4.79 Å². The zero-order valence-electron chi connectivity index (χ0n) is 15.2. The standard InChI is InChI=1S/C18H21ClN2O5S/c1-12(11-25-2)21-27(23,24)15-7-4-13(5-8-15)18(22)20-16-10-14(19)6-9-17(16)26-3/h4-10,12,21H,11H2,1-3H3,(H,20,22)/t12-/m1/s1. The second-order valence-electron chi connectivity index (χ2n) is 5.80. The molecule has 0 saturated heterocycles. The zero-order chi connectivity index (χ0) is 20.0. The van der Waals surface area contributed by atoms with E-state index in [1.54, 1.807) is 25.1 Å². The molecule has 7 nitrogen and oxygen atoms in total. The van der Waals surface area contributed by atoms with Crippen LogP contribution in [0.1, 0.15) is 17.3 Å². The summed E-state index contributed by atoms with van der Waals surface area (Å²) in [4.78, 5) is 12.5. The highest BCUT2D eigenvalue weighted by Crippen LogP contribution is 2.28. The summed E-state index contributed by atoms with van der Waals surface area (Å²) in [6.07, 6.45) is 0. The normalized spacial score (nSPS) is 12.4. The lowest BCUT2D eigenvalue weighted by Crippen LogP contribution is -2.35. The van der Waals surface area contributed by atoms with E-state index in [4.69, 9.17) is 21.1 Å². The molecule has 0 aliphatic carbocycles. The first-order valence-corrected chi connectivity index (χ1v) is 9.89. The van der Waals surface area contributed by atoms with Gasteiger partial charge in [0.15, 0.2) is 0 Å². The number of hydrogen-bond acceptors (Lipinski definition) is 5. The number of amides is 1. The van der Waals surface area contributed by atoms with E-state index in [0.717, 1.165) is 0 Å². The SMILES string of the molecule is COC[C@@H](C)NS(=O)(=O)c1ccc(C(=O)Nc2cc(Cl)ccc2OC)cc1. The van der Waals surface area contributed by atoms with Crippen molar-refractivity contribution in [1.29, 1.82) is 0 Å². The van der Waals surface area contributed by atoms with Crippen LogP contribution in [0.2, 0.25) is 5.02 Å². The summed E-state index contributed by atoms with van der Waals surface area (Å²) in [5.74, 6) is 0.0449. The second-order valence-corrected chi connectivity index (χ2v) is 7.95. The smallest absolute Gasteiger partial charge is 0.255 e. The number of hydrogen-bond donors (Lipinski definition) is 2. The Kier molecular flexibility index (Phi) is 7.20. The summed E-state index contributed by atoms with van der Waals surface area (Å²) >= 11 is 5.95. The minimum absolute atomic E-state index is 0.0577. The third-order valence-corrected chi connectivity index (χ3v) is 5.45. The first kappa shape index (κ1) is 21.2. The van der Waals surface area contributed by atoms with Crippen LogP contribution in [-0.4, -0.2) is 41.2 Å². The van der Waals surface area contributed by atoms with Gasteiger partial charge >= 0.3 is 0 Å². The average Bonchev–Trinajstić information content (AvgIpc) is 2.62. The van der Waals surface area contributed by atoms with Gasteiger partial charge in [0, 0.05) is 23.7 Å². The number of benzene rings is 2. The molecule has 146 valence electrons. The summed E-state index contributed by atoms with van der Waals surface area (Å²) in [5.41, 5.74) is 0.711. The Morgan fingerprint density at radius 3 is 2.41 bits per heavy atom. The fraction of sp³-hybridized carbons (Fsp3) is 0.278. The second kappa shape index (κ2) is 9.18. The topological polar surface area (TPSA) is 93.7 Å². The van der Waals surface area contributed by atoms with Gasteiger partial charge in [-0.1, -0.05) is 11.6 Å². The van der Waals surface area contributed by atoms with Gasteiger partial charge in [-0.2, -0.15) is 0 Å². The van der Waals surface area contributed by atoms with Gasteiger partial charge in [-0.25, -0.2) is 13.1 Å². The van der Waals surface area contributed by atoms with Crippen LogP contribution in [0.3, 0.4) is 0 Å². The van der Waals surface area contributed by atoms with Crippen LogP contribution in [-0.2, 0) is 14.8 Å². The Morgan fingerprint density at radius 2 is 1.81 bits per heavy atom. The highest BCUT2D eigenvalue weighted by molar-refractivity contribution is 7.89. The van der Waals surface area contributed by atoms with Crippen molar-refractivity contribution < 1.29 is 22.7 Å². The van der Waals surface area contributed by atoms with Gasteiger partial charge in [-0.15, -0.1) is 0 Å². The lowest BCUT2D eigenvalue weighted by atomic mass is 10.2. The maximum atomic E-state index is 12.4. The summed E-state index contributed by atoms with van der Waals surface area (Å²) in [6, 6.07) is 10.1. The molecule has 1 amide bonds. The molecule has 0 aliphatic heterocycles. The number of methoxy groups -OCH3 is 2. The van der Waals surface area contributed by atoms with Crippen LogP contribution in [0.5, 0.6) is 5.75 Å². The van der Waals surface area contributed by atoms with Crippen LogP contribution in [0.15, 0.2) is 47.4 Å². The Labute approximate surface area is 163 Å². The number of carbonyl (C=O) groups is 1. The van der Waals surface area contributed by atoms with E-state index in [-0.39, 0.29) is 17.5 Å². The summed E-state index contributed by atoms with van der Waals surface area (Å²) < 4.78 is 37.2. The van der Waals surface area contributed by atoms with Gasteiger partial charge in [-0.05, 0) is 49.4 Å². The Hall–Kier alpha value is -2.13. The van der Waals surface area contributed by atoms with Crippen molar-refractivity contribution in [3.8, 4) is 5.75 Å². The molecular formula is C18H21ClN2O5S. The average molecular weight is 413 g/mol. The van der Waals surface area contributed by atoms with E-state index < -0.39 is 15.9 Å². The van der Waals surface area contributed by atoms with Crippen LogP contribution in [0.4, 0.5) is 5.69 Å². The van der Waals surface area contributed by atoms with Crippen LogP contribution in [0, 0.1) is 0 Å². The quantitative estimate of drug-likeness (QED) is 0.695. The van der Waals surface area contributed by atoms with E-state index in [1.807, 2.05) is 0 Å². The van der Waals surface area contributed by atoms with Crippen molar-refractivity contribution in [1.82, 2.24) is 4.72 Å². The maximum absolute atomic E-state index is 12.4. The lowest BCUT2D eigenvalue weighted by molar-refractivity contribution is 0.102. The summed E-state index contributed by atoms with van der Waals surface area (Å²) in [5, 5.41) is 3.14. The number of nitrogens with one attached hydrogen (secondary N) is 2. The molecule has 0 unspecified atom stereocenters. The van der Waals surface area contributed by atoms with Gasteiger partial charge in [0.25, 0.3) is 5.91 Å². The maximum Gasteiger partial charge on any atom is 0.255 e. The molecule has 0 aliphatic rings. The first-order chi connectivity index (χ1) is 12.8. The molecule has 0 radical (unpaired) electrons. The van der Waals surface area contributed by atoms with Crippen LogP contribution in [0.25, 0.3) is 0 Å². The van der Waals surface area contributed by atoms with Crippen molar-refractivity contribution in [2.24, 2.45) is 0 Å². The molecule has 0 saturated carbocycles. The highest BCUT2D eigenvalue weighted by Gasteiger charge is 2.18. The molecule has 2 aromatic carbocycles. The van der Waals surface area contributed by atoms with E-state index in [2.05, 4.69) is 10.0 Å². The van der Waals surface area contributed by atoms with Crippen molar-refractivity contribution in [2.75, 3.05) is 26.1 Å². The number of anilines is 1. The minimum atomic E-state index is -3.70. The fourth-order valence-corrected chi connectivity index (χ4v) is 3.78. The Balaban J connectivity index is 2.15. The van der Waals surface area contributed by atoms with Crippen molar-refractivity contribution in [3.05, 3.63) is 53.1 Å². The fourth-order valence-electron chi connectivity index (χ4n) is 2.37. The van der Waals surface area contributed by atoms with Crippen LogP contribution >= 0.6 is 11.6 Å². The van der Waals surface area contributed by atoms with Gasteiger partial charge in [0.1, 0.15) is 5.75 Å². The largest absolute Gasteiger partial charge is 0.495 e. The molecular weight excluding hydrogens is 392 g/mol. The lowest BCUT2D eigenvalue weighted by Gasteiger charge is -2.14. The summed E-state index contributed by atoms with van der Waals surface area (Å²) in [6.45, 7) is 1.95. The van der Waals surface area contributed by atoms with Crippen molar-refractivity contribution in [3.63, 3.8) is 0 Å². The van der Waals surface area contributed by atoms with Gasteiger partial charge in [0.2, 0.25) is 10.0 Å². The third-order valence-electron chi connectivity index (χ3n) is 3.61. The van der Waals surface area contributed by atoms with E-state index in [1.165, 1.54) is 38.5 Å². The predicted molar refractivity (Wildman–Crippen MR) is 104 cm³/mol. The number of ether oxygens (including phenoxy) is 2. The number of sulfonamides is 1. The van der Waals surface area contributed by atoms with Gasteiger partial charge in [0.05, 0.1) is 24.3 Å². The van der Waals surface area contributed by atoms with E-state index >= 15 is 0 Å². The van der Waals surface area contributed by atoms with E-state index in [9.17, 15) is 13.2 Å². The Morgan fingerprint density at radius 1 is 1.15 bits per heavy atom. The molecule has 2 rings (SSSR count). The molecule has 0 bridgehead atoms. The molecule has 27 heavy (non-hydrogen) atoms. The molecule has 0 aromatic heterocycles. The third kappa shape index (κ3) is 5.67. The molecule has 9 heteroatoms. The molecule has 1 atom stereocenters. The van der Waals surface area contributed by atoms with E-state index in [0.29, 0.717) is 22.0 Å². The molecule has 2 aromatic rings. The monoisotopic (exact) mass is 412 g/mol. The van der Waals surface area contributed by atoms with Gasteiger partial charge < -0.3 is 14.8 Å². The minimum Gasteiger partial charge on any atom is -0.495 e.